The van der Waals surface area contributed by atoms with E-state index >= 15 is 0 Å². The molecule has 1 amide bonds. The van der Waals surface area contributed by atoms with Crippen LogP contribution in [0.25, 0.3) is 0 Å². The lowest BCUT2D eigenvalue weighted by Gasteiger charge is -2.26. The maximum Gasteiger partial charge on any atom is 0.255 e. The maximum absolute atomic E-state index is 13.0. The number of benzene rings is 2. The molecule has 1 saturated heterocycles. The summed E-state index contributed by atoms with van der Waals surface area (Å²) in [6, 6.07) is 14.9. The van der Waals surface area contributed by atoms with Gasteiger partial charge in [0.2, 0.25) is 10.0 Å². The van der Waals surface area contributed by atoms with Crippen LogP contribution >= 0.6 is 0 Å². The lowest BCUT2D eigenvalue weighted by Crippen LogP contribution is -2.35. The minimum absolute atomic E-state index is 0.123. The number of aromatic nitrogens is 1. The van der Waals surface area contributed by atoms with Crippen molar-refractivity contribution in [1.82, 2.24) is 9.29 Å². The summed E-state index contributed by atoms with van der Waals surface area (Å²) < 4.78 is 38.7. The highest BCUT2D eigenvalue weighted by Crippen LogP contribution is 2.31. The van der Waals surface area contributed by atoms with Crippen LogP contribution in [0.2, 0.25) is 0 Å². The van der Waals surface area contributed by atoms with Crippen LogP contribution in [0, 0.1) is 0 Å². The second-order valence-electron chi connectivity index (χ2n) is 7.96. The number of amides is 1. The van der Waals surface area contributed by atoms with Gasteiger partial charge in [-0.15, -0.1) is 0 Å². The molecule has 0 bridgehead atoms. The first-order chi connectivity index (χ1) is 16.5. The van der Waals surface area contributed by atoms with Gasteiger partial charge in [-0.3, -0.25) is 9.78 Å². The zero-order valence-corrected chi connectivity index (χ0v) is 19.8. The molecule has 0 saturated carbocycles. The van der Waals surface area contributed by atoms with Gasteiger partial charge in [-0.2, -0.15) is 4.31 Å². The quantitative estimate of drug-likeness (QED) is 0.520. The summed E-state index contributed by atoms with van der Waals surface area (Å²) >= 11 is 0. The Morgan fingerprint density at radius 3 is 2.50 bits per heavy atom. The smallest absolute Gasteiger partial charge is 0.255 e. The largest absolute Gasteiger partial charge is 0.493 e. The highest BCUT2D eigenvalue weighted by Gasteiger charge is 2.26. The Morgan fingerprint density at radius 2 is 1.76 bits per heavy atom. The second-order valence-corrected chi connectivity index (χ2v) is 9.89. The van der Waals surface area contributed by atoms with E-state index in [-0.39, 0.29) is 10.5 Å². The minimum atomic E-state index is -3.63. The number of nitrogens with one attached hydrogen (secondary N) is 1. The number of piperidine rings is 1. The molecule has 0 spiro atoms. The molecule has 0 atom stereocenters. The standard InChI is InChI=1S/C25H27N3O5S/c1-32-23-9-8-21(17-24(23)33-18-19-10-12-26-13-11-19)27-25(29)20-6-5-7-22(16-20)34(30,31)28-14-3-2-4-15-28/h5-13,16-17H,2-4,14-15,18H2,1H3,(H,27,29). The molecule has 4 rings (SSSR count). The third-order valence-corrected chi connectivity index (χ3v) is 7.51. The normalized spacial score (nSPS) is 14.4. The number of hydrogen-bond acceptors (Lipinski definition) is 6. The van der Waals surface area contributed by atoms with Crippen molar-refractivity contribution in [1.29, 1.82) is 0 Å². The zero-order chi connectivity index (χ0) is 24.0. The first-order valence-electron chi connectivity index (χ1n) is 11.1. The van der Waals surface area contributed by atoms with E-state index in [1.807, 2.05) is 12.1 Å². The van der Waals surface area contributed by atoms with Crippen LogP contribution in [-0.2, 0) is 16.6 Å². The molecular formula is C25H27N3O5S. The number of hydrogen-bond donors (Lipinski definition) is 1. The van der Waals surface area contributed by atoms with Crippen molar-refractivity contribution in [2.24, 2.45) is 0 Å². The molecular weight excluding hydrogens is 454 g/mol. The molecule has 1 aromatic heterocycles. The number of pyridine rings is 1. The Morgan fingerprint density at radius 1 is 1.00 bits per heavy atom. The van der Waals surface area contributed by atoms with E-state index < -0.39 is 15.9 Å². The van der Waals surface area contributed by atoms with E-state index in [1.165, 1.54) is 16.4 Å². The fourth-order valence-electron chi connectivity index (χ4n) is 3.76. The molecule has 178 valence electrons. The third kappa shape index (κ3) is 5.55. The van der Waals surface area contributed by atoms with Crippen molar-refractivity contribution in [2.45, 2.75) is 30.8 Å². The van der Waals surface area contributed by atoms with Crippen molar-refractivity contribution < 1.29 is 22.7 Å². The van der Waals surface area contributed by atoms with Crippen LogP contribution < -0.4 is 14.8 Å². The molecule has 2 aromatic carbocycles. The summed E-state index contributed by atoms with van der Waals surface area (Å²) in [5.41, 5.74) is 1.70. The van der Waals surface area contributed by atoms with Crippen LogP contribution in [0.4, 0.5) is 5.69 Å². The fraction of sp³-hybridized carbons (Fsp3) is 0.280. The Balaban J connectivity index is 1.49. The highest BCUT2D eigenvalue weighted by molar-refractivity contribution is 7.89. The van der Waals surface area contributed by atoms with Gasteiger partial charge in [0.15, 0.2) is 11.5 Å². The van der Waals surface area contributed by atoms with Crippen molar-refractivity contribution in [3.05, 3.63) is 78.1 Å². The molecule has 9 heteroatoms. The minimum Gasteiger partial charge on any atom is -0.493 e. The van der Waals surface area contributed by atoms with Crippen LogP contribution in [-0.4, -0.2) is 43.8 Å². The summed E-state index contributed by atoms with van der Waals surface area (Å²) in [6.07, 6.45) is 6.10. The molecule has 1 aliphatic heterocycles. The Hall–Kier alpha value is -3.43. The predicted molar refractivity (Wildman–Crippen MR) is 129 cm³/mol. The maximum atomic E-state index is 13.0. The first kappa shape index (κ1) is 23.7. The van der Waals surface area contributed by atoms with Crippen molar-refractivity contribution in [3.63, 3.8) is 0 Å². The van der Waals surface area contributed by atoms with Gasteiger partial charge >= 0.3 is 0 Å². The van der Waals surface area contributed by atoms with E-state index in [0.717, 1.165) is 24.8 Å². The summed E-state index contributed by atoms with van der Waals surface area (Å²) in [5.74, 6) is 0.584. The van der Waals surface area contributed by atoms with Gasteiger partial charge < -0.3 is 14.8 Å². The predicted octanol–water partition coefficient (Wildman–Crippen LogP) is 4.10. The monoisotopic (exact) mass is 481 g/mol. The molecule has 1 N–H and O–H groups in total. The molecule has 34 heavy (non-hydrogen) atoms. The molecule has 2 heterocycles. The number of sulfonamides is 1. The summed E-state index contributed by atoms with van der Waals surface area (Å²) in [4.78, 5) is 17.0. The molecule has 8 nitrogen and oxygen atoms in total. The number of methoxy groups -OCH3 is 1. The van der Waals surface area contributed by atoms with Crippen molar-refractivity contribution >= 4 is 21.6 Å². The van der Waals surface area contributed by atoms with Gasteiger partial charge in [0.25, 0.3) is 5.91 Å². The average molecular weight is 482 g/mol. The van der Waals surface area contributed by atoms with Crippen LogP contribution in [0.15, 0.2) is 71.9 Å². The lowest BCUT2D eigenvalue weighted by atomic mass is 10.2. The summed E-state index contributed by atoms with van der Waals surface area (Å²) in [6.45, 7) is 1.33. The number of nitrogens with zero attached hydrogens (tertiary/aromatic N) is 2. The van der Waals surface area contributed by atoms with Crippen LogP contribution in [0.5, 0.6) is 11.5 Å². The number of anilines is 1. The molecule has 3 aromatic rings. The number of rotatable bonds is 8. The second kappa shape index (κ2) is 10.7. The molecule has 0 radical (unpaired) electrons. The summed E-state index contributed by atoms with van der Waals surface area (Å²) in [7, 11) is -2.09. The van der Waals surface area contributed by atoms with Gasteiger partial charge in [0.05, 0.1) is 12.0 Å². The van der Waals surface area contributed by atoms with Gasteiger partial charge in [-0.1, -0.05) is 12.5 Å². The molecule has 1 fully saturated rings. The average Bonchev–Trinajstić information content (AvgIpc) is 2.88. The van der Waals surface area contributed by atoms with E-state index in [2.05, 4.69) is 10.3 Å². The van der Waals surface area contributed by atoms with Crippen LogP contribution in [0.1, 0.15) is 35.2 Å². The number of carbonyl (C=O) groups is 1. The highest BCUT2D eigenvalue weighted by atomic mass is 32.2. The van der Waals surface area contributed by atoms with Gasteiger partial charge in [0, 0.05) is 42.8 Å². The topological polar surface area (TPSA) is 97.8 Å². The van der Waals surface area contributed by atoms with Crippen molar-refractivity contribution in [3.8, 4) is 11.5 Å². The molecule has 0 unspecified atom stereocenters. The third-order valence-electron chi connectivity index (χ3n) is 5.61. The molecule has 0 aliphatic carbocycles. The van der Waals surface area contributed by atoms with E-state index in [0.29, 0.717) is 36.9 Å². The molecule has 1 aliphatic rings. The first-order valence-corrected chi connectivity index (χ1v) is 12.5. The zero-order valence-electron chi connectivity index (χ0n) is 18.9. The number of carbonyl (C=O) groups excluding carboxylic acids is 1. The number of ether oxygens (including phenoxy) is 2. The van der Waals surface area contributed by atoms with Gasteiger partial charge in [-0.25, -0.2) is 8.42 Å². The van der Waals surface area contributed by atoms with Gasteiger partial charge in [-0.05, 0) is 60.9 Å². The Kier molecular flexibility index (Phi) is 7.44. The lowest BCUT2D eigenvalue weighted by molar-refractivity contribution is 0.102. The van der Waals surface area contributed by atoms with Gasteiger partial charge in [0.1, 0.15) is 6.61 Å². The van der Waals surface area contributed by atoms with Crippen LogP contribution in [0.3, 0.4) is 0 Å². The van der Waals surface area contributed by atoms with E-state index in [9.17, 15) is 13.2 Å². The Bertz CT molecular complexity index is 1240. The Labute approximate surface area is 199 Å². The summed E-state index contributed by atoms with van der Waals surface area (Å²) in [5, 5.41) is 2.81. The SMILES string of the molecule is COc1ccc(NC(=O)c2cccc(S(=O)(=O)N3CCCCC3)c2)cc1OCc1ccncc1. The van der Waals surface area contributed by atoms with E-state index in [4.69, 9.17) is 9.47 Å². The van der Waals surface area contributed by atoms with Crippen molar-refractivity contribution in [2.75, 3.05) is 25.5 Å². The fourth-order valence-corrected chi connectivity index (χ4v) is 5.33. The van der Waals surface area contributed by atoms with E-state index in [1.54, 1.807) is 49.8 Å².